The van der Waals surface area contributed by atoms with Crippen LogP contribution in [-0.4, -0.2) is 5.91 Å². The zero-order chi connectivity index (χ0) is 13.8. The second kappa shape index (κ2) is 5.85. The van der Waals surface area contributed by atoms with Crippen LogP contribution < -0.4 is 5.32 Å². The Balaban J connectivity index is 2.20. The zero-order valence-corrected chi connectivity index (χ0v) is 11.2. The molecule has 98 valence electrons. The molecule has 2 aromatic carbocycles. The van der Waals surface area contributed by atoms with Crippen molar-refractivity contribution in [2.45, 2.75) is 13.3 Å². The minimum absolute atomic E-state index is 0.101. The van der Waals surface area contributed by atoms with Crippen molar-refractivity contribution in [1.82, 2.24) is 0 Å². The van der Waals surface area contributed by atoms with Crippen LogP contribution in [-0.2, 0) is 6.42 Å². The summed E-state index contributed by atoms with van der Waals surface area (Å²) in [7, 11) is 0. The van der Waals surface area contributed by atoms with Crippen molar-refractivity contribution >= 4 is 23.2 Å². The molecule has 0 bridgehead atoms. The lowest BCUT2D eigenvalue weighted by molar-refractivity contribution is 0.102. The fraction of sp³-hybridized carbons (Fsp3) is 0.133. The minimum atomic E-state index is -0.463. The Bertz CT molecular complexity index is 613. The fourth-order valence-electron chi connectivity index (χ4n) is 1.74. The lowest BCUT2D eigenvalue weighted by Gasteiger charge is -2.08. The van der Waals surface area contributed by atoms with Crippen molar-refractivity contribution in [3.8, 4) is 0 Å². The summed E-state index contributed by atoms with van der Waals surface area (Å²) in [6, 6.07) is 11.3. The maximum Gasteiger partial charge on any atom is 0.257 e. The number of nitrogens with one attached hydrogen (secondary N) is 1. The Morgan fingerprint density at radius 2 is 2.05 bits per heavy atom. The van der Waals surface area contributed by atoms with Crippen molar-refractivity contribution in [2.24, 2.45) is 0 Å². The van der Waals surface area contributed by atoms with Crippen LogP contribution in [0.2, 0.25) is 5.02 Å². The third-order valence-corrected chi connectivity index (χ3v) is 3.08. The Hall–Kier alpha value is -1.87. The topological polar surface area (TPSA) is 29.1 Å². The van der Waals surface area contributed by atoms with Gasteiger partial charge in [0.2, 0.25) is 0 Å². The van der Waals surface area contributed by atoms with E-state index in [1.165, 1.54) is 12.1 Å². The van der Waals surface area contributed by atoms with Gasteiger partial charge >= 0.3 is 0 Å². The Kier molecular flexibility index (Phi) is 4.17. The van der Waals surface area contributed by atoms with E-state index in [-0.39, 0.29) is 16.5 Å². The monoisotopic (exact) mass is 277 g/mol. The molecule has 0 saturated carbocycles. The third kappa shape index (κ3) is 3.32. The first kappa shape index (κ1) is 13.6. The van der Waals surface area contributed by atoms with Crippen LogP contribution in [0.15, 0.2) is 42.5 Å². The van der Waals surface area contributed by atoms with Gasteiger partial charge in [-0.25, -0.2) is 4.39 Å². The van der Waals surface area contributed by atoms with E-state index < -0.39 is 5.82 Å². The third-order valence-electron chi connectivity index (χ3n) is 2.77. The van der Waals surface area contributed by atoms with E-state index in [1.807, 2.05) is 25.1 Å². The molecular formula is C15H13ClFNO. The van der Waals surface area contributed by atoms with Gasteiger partial charge in [-0.2, -0.15) is 0 Å². The molecule has 0 heterocycles. The van der Waals surface area contributed by atoms with Crippen LogP contribution in [0.1, 0.15) is 22.8 Å². The summed E-state index contributed by atoms with van der Waals surface area (Å²) in [5, 5.41) is 2.85. The van der Waals surface area contributed by atoms with Gasteiger partial charge in [-0.1, -0.05) is 30.7 Å². The smallest absolute Gasteiger partial charge is 0.257 e. The first-order valence-corrected chi connectivity index (χ1v) is 6.33. The maximum absolute atomic E-state index is 12.9. The van der Waals surface area contributed by atoms with Gasteiger partial charge < -0.3 is 5.32 Å². The number of hydrogen-bond acceptors (Lipinski definition) is 1. The molecule has 0 aromatic heterocycles. The zero-order valence-electron chi connectivity index (χ0n) is 10.4. The van der Waals surface area contributed by atoms with Gasteiger partial charge in [-0.15, -0.1) is 0 Å². The molecule has 19 heavy (non-hydrogen) atoms. The summed E-state index contributed by atoms with van der Waals surface area (Å²) in [4.78, 5) is 12.0. The first-order chi connectivity index (χ1) is 9.10. The highest BCUT2D eigenvalue weighted by Gasteiger charge is 2.11. The van der Waals surface area contributed by atoms with Gasteiger partial charge in [-0.05, 0) is 42.3 Å². The van der Waals surface area contributed by atoms with E-state index in [4.69, 9.17) is 11.6 Å². The standard InChI is InChI=1S/C15H13ClFNO/c1-2-10-4-3-5-12(8-10)18-15(19)13-7-6-11(17)9-14(13)16/h3-9H,2H2,1H3,(H,18,19). The van der Waals surface area contributed by atoms with E-state index in [0.29, 0.717) is 5.69 Å². The number of aryl methyl sites for hydroxylation is 1. The van der Waals surface area contributed by atoms with Crippen LogP contribution in [0.3, 0.4) is 0 Å². The summed E-state index contributed by atoms with van der Waals surface area (Å²) in [6.45, 7) is 2.04. The Morgan fingerprint density at radius 3 is 2.74 bits per heavy atom. The molecule has 0 spiro atoms. The summed E-state index contributed by atoms with van der Waals surface area (Å²) >= 11 is 5.85. The predicted molar refractivity (Wildman–Crippen MR) is 75.2 cm³/mol. The Labute approximate surface area is 116 Å². The largest absolute Gasteiger partial charge is 0.322 e. The van der Waals surface area contributed by atoms with Gasteiger partial charge in [0.15, 0.2) is 0 Å². The van der Waals surface area contributed by atoms with E-state index in [2.05, 4.69) is 5.32 Å². The minimum Gasteiger partial charge on any atom is -0.322 e. The normalized spacial score (nSPS) is 10.3. The number of hydrogen-bond donors (Lipinski definition) is 1. The van der Waals surface area contributed by atoms with Crippen molar-refractivity contribution in [3.63, 3.8) is 0 Å². The molecule has 2 rings (SSSR count). The van der Waals surface area contributed by atoms with Crippen LogP contribution in [0.25, 0.3) is 0 Å². The molecule has 2 aromatic rings. The summed E-state index contributed by atoms with van der Waals surface area (Å²) in [5.41, 5.74) is 2.08. The van der Waals surface area contributed by atoms with E-state index in [9.17, 15) is 9.18 Å². The van der Waals surface area contributed by atoms with Crippen LogP contribution >= 0.6 is 11.6 Å². The number of benzene rings is 2. The van der Waals surface area contributed by atoms with E-state index in [1.54, 1.807) is 6.07 Å². The molecule has 1 amide bonds. The van der Waals surface area contributed by atoms with Gasteiger partial charge in [0.1, 0.15) is 5.82 Å². The van der Waals surface area contributed by atoms with Crippen molar-refractivity contribution in [1.29, 1.82) is 0 Å². The molecule has 0 aliphatic carbocycles. The van der Waals surface area contributed by atoms with Gasteiger partial charge in [0, 0.05) is 5.69 Å². The van der Waals surface area contributed by atoms with Crippen LogP contribution in [0, 0.1) is 5.82 Å². The average Bonchev–Trinajstić information content (AvgIpc) is 2.38. The van der Waals surface area contributed by atoms with E-state index >= 15 is 0 Å². The molecule has 1 N–H and O–H groups in total. The summed E-state index contributed by atoms with van der Waals surface area (Å²) in [6.07, 6.45) is 0.890. The van der Waals surface area contributed by atoms with E-state index in [0.717, 1.165) is 18.1 Å². The van der Waals surface area contributed by atoms with Crippen molar-refractivity contribution in [3.05, 3.63) is 64.4 Å². The molecule has 0 unspecified atom stereocenters. The highest BCUT2D eigenvalue weighted by Crippen LogP contribution is 2.19. The summed E-state index contributed by atoms with van der Waals surface area (Å²) < 4.78 is 12.9. The number of amides is 1. The molecule has 0 aliphatic rings. The Morgan fingerprint density at radius 1 is 1.26 bits per heavy atom. The quantitative estimate of drug-likeness (QED) is 0.891. The number of halogens is 2. The SMILES string of the molecule is CCc1cccc(NC(=O)c2ccc(F)cc2Cl)c1. The van der Waals surface area contributed by atoms with Gasteiger partial charge in [0.05, 0.1) is 10.6 Å². The molecular weight excluding hydrogens is 265 g/mol. The first-order valence-electron chi connectivity index (χ1n) is 5.95. The highest BCUT2D eigenvalue weighted by atomic mass is 35.5. The molecule has 0 saturated heterocycles. The van der Waals surface area contributed by atoms with Crippen LogP contribution in [0.5, 0.6) is 0 Å². The lowest BCUT2D eigenvalue weighted by Crippen LogP contribution is -2.12. The van der Waals surface area contributed by atoms with Gasteiger partial charge in [0.25, 0.3) is 5.91 Å². The predicted octanol–water partition coefficient (Wildman–Crippen LogP) is 4.29. The number of carbonyl (C=O) groups is 1. The number of carbonyl (C=O) groups excluding carboxylic acids is 1. The molecule has 0 atom stereocenters. The van der Waals surface area contributed by atoms with Crippen molar-refractivity contribution in [2.75, 3.05) is 5.32 Å². The number of anilines is 1. The maximum atomic E-state index is 12.9. The second-order valence-corrected chi connectivity index (χ2v) is 4.54. The molecule has 2 nitrogen and oxygen atoms in total. The summed E-state index contributed by atoms with van der Waals surface area (Å²) in [5.74, 6) is -0.812. The molecule has 0 fully saturated rings. The molecule has 0 radical (unpaired) electrons. The average molecular weight is 278 g/mol. The second-order valence-electron chi connectivity index (χ2n) is 4.13. The van der Waals surface area contributed by atoms with Gasteiger partial charge in [-0.3, -0.25) is 4.79 Å². The molecule has 0 aliphatic heterocycles. The number of rotatable bonds is 3. The van der Waals surface area contributed by atoms with Crippen molar-refractivity contribution < 1.29 is 9.18 Å². The highest BCUT2D eigenvalue weighted by molar-refractivity contribution is 6.34. The van der Waals surface area contributed by atoms with Crippen LogP contribution in [0.4, 0.5) is 10.1 Å². The fourth-order valence-corrected chi connectivity index (χ4v) is 1.99. The lowest BCUT2D eigenvalue weighted by atomic mass is 10.1. The molecule has 4 heteroatoms.